The Hall–Kier alpha value is -0.530. The Morgan fingerprint density at radius 3 is 2.75 bits per heavy atom. The van der Waals surface area contributed by atoms with Crippen molar-refractivity contribution in [2.75, 3.05) is 33.3 Å². The summed E-state index contributed by atoms with van der Waals surface area (Å²) in [7, 11) is -2.12. The molecule has 1 aliphatic heterocycles. The normalized spacial score (nSPS) is 17.1. The molecule has 0 aliphatic carbocycles. The monoisotopic (exact) mass is 340 g/mol. The highest BCUT2D eigenvalue weighted by molar-refractivity contribution is 7.89. The SMILES string of the molecule is COc1ccc(Cl)cc1S(=O)(=O)N1CCCNCC1.Cl. The van der Waals surface area contributed by atoms with Crippen LogP contribution in [0.1, 0.15) is 6.42 Å². The van der Waals surface area contributed by atoms with Gasteiger partial charge in [0.05, 0.1) is 7.11 Å². The average molecular weight is 341 g/mol. The Balaban J connectivity index is 0.00000200. The van der Waals surface area contributed by atoms with Gasteiger partial charge >= 0.3 is 0 Å². The molecule has 2 rings (SSSR count). The molecule has 8 heteroatoms. The molecule has 1 saturated heterocycles. The van der Waals surface area contributed by atoms with Crippen LogP contribution in [-0.4, -0.2) is 46.0 Å². The number of rotatable bonds is 3. The van der Waals surface area contributed by atoms with Gasteiger partial charge in [-0.05, 0) is 31.2 Å². The molecule has 0 radical (unpaired) electrons. The zero-order valence-corrected chi connectivity index (χ0v) is 13.5. The van der Waals surface area contributed by atoms with Gasteiger partial charge in [-0.15, -0.1) is 12.4 Å². The first-order chi connectivity index (χ1) is 9.05. The van der Waals surface area contributed by atoms with Crippen LogP contribution in [0.4, 0.5) is 0 Å². The minimum Gasteiger partial charge on any atom is -0.495 e. The van der Waals surface area contributed by atoms with E-state index >= 15 is 0 Å². The van der Waals surface area contributed by atoms with Crippen molar-refractivity contribution in [1.29, 1.82) is 0 Å². The van der Waals surface area contributed by atoms with Gasteiger partial charge in [-0.25, -0.2) is 8.42 Å². The second-order valence-electron chi connectivity index (χ2n) is 4.30. The van der Waals surface area contributed by atoms with E-state index in [0.29, 0.717) is 30.4 Å². The fourth-order valence-corrected chi connectivity index (χ4v) is 3.95. The number of hydrogen-bond acceptors (Lipinski definition) is 4. The molecule has 1 fully saturated rings. The van der Waals surface area contributed by atoms with E-state index in [1.54, 1.807) is 12.1 Å². The predicted octanol–water partition coefficient (Wildman–Crippen LogP) is 1.75. The number of methoxy groups -OCH3 is 1. The molecule has 0 bridgehead atoms. The lowest BCUT2D eigenvalue weighted by Gasteiger charge is -2.21. The summed E-state index contributed by atoms with van der Waals surface area (Å²) in [5.74, 6) is 0.321. The van der Waals surface area contributed by atoms with E-state index in [1.165, 1.54) is 17.5 Å². The lowest BCUT2D eigenvalue weighted by molar-refractivity contribution is 0.393. The van der Waals surface area contributed by atoms with Crippen LogP contribution in [0.2, 0.25) is 5.02 Å². The molecule has 0 saturated carbocycles. The number of nitrogens with zero attached hydrogens (tertiary/aromatic N) is 1. The van der Waals surface area contributed by atoms with E-state index < -0.39 is 10.0 Å². The zero-order valence-electron chi connectivity index (χ0n) is 11.1. The predicted molar refractivity (Wildman–Crippen MR) is 81.5 cm³/mol. The molecule has 1 aromatic rings. The van der Waals surface area contributed by atoms with Crippen molar-refractivity contribution in [3.8, 4) is 5.75 Å². The number of hydrogen-bond donors (Lipinski definition) is 1. The van der Waals surface area contributed by atoms with E-state index in [0.717, 1.165) is 13.0 Å². The molecule has 0 spiro atoms. The van der Waals surface area contributed by atoms with Crippen molar-refractivity contribution in [3.05, 3.63) is 23.2 Å². The van der Waals surface area contributed by atoms with Gasteiger partial charge in [0.2, 0.25) is 10.0 Å². The van der Waals surface area contributed by atoms with Crippen LogP contribution in [0.5, 0.6) is 5.75 Å². The molecule has 20 heavy (non-hydrogen) atoms. The number of benzene rings is 1. The first kappa shape index (κ1) is 17.5. The van der Waals surface area contributed by atoms with E-state index in [4.69, 9.17) is 16.3 Å². The minimum absolute atomic E-state index is 0. The van der Waals surface area contributed by atoms with Gasteiger partial charge in [0.1, 0.15) is 10.6 Å². The van der Waals surface area contributed by atoms with Gasteiger partial charge in [-0.2, -0.15) is 4.31 Å². The van der Waals surface area contributed by atoms with Gasteiger partial charge in [-0.1, -0.05) is 11.6 Å². The average Bonchev–Trinajstić information content (AvgIpc) is 2.68. The molecule has 1 aromatic carbocycles. The van der Waals surface area contributed by atoms with Gasteiger partial charge in [0, 0.05) is 24.7 Å². The van der Waals surface area contributed by atoms with E-state index in [-0.39, 0.29) is 17.3 Å². The van der Waals surface area contributed by atoms with Crippen molar-refractivity contribution < 1.29 is 13.2 Å². The highest BCUT2D eigenvalue weighted by Gasteiger charge is 2.28. The number of sulfonamides is 1. The highest BCUT2D eigenvalue weighted by Crippen LogP contribution is 2.29. The molecule has 114 valence electrons. The number of halogens is 2. The van der Waals surface area contributed by atoms with Gasteiger partial charge in [0.25, 0.3) is 0 Å². The third-order valence-corrected chi connectivity index (χ3v) is 5.20. The van der Waals surface area contributed by atoms with Crippen molar-refractivity contribution >= 4 is 34.0 Å². The molecule has 0 aromatic heterocycles. The quantitative estimate of drug-likeness (QED) is 0.910. The fourth-order valence-electron chi connectivity index (χ4n) is 2.05. The van der Waals surface area contributed by atoms with Crippen LogP contribution in [0.3, 0.4) is 0 Å². The van der Waals surface area contributed by atoms with Crippen LogP contribution >= 0.6 is 24.0 Å². The Morgan fingerprint density at radius 2 is 2.05 bits per heavy atom. The summed E-state index contributed by atoms with van der Waals surface area (Å²) in [6.07, 6.45) is 0.794. The number of nitrogens with one attached hydrogen (secondary N) is 1. The summed E-state index contributed by atoms with van der Waals surface area (Å²) in [6.45, 7) is 2.45. The Kier molecular flexibility index (Phi) is 6.54. The summed E-state index contributed by atoms with van der Waals surface area (Å²) in [6, 6.07) is 4.63. The molecular weight excluding hydrogens is 323 g/mol. The third kappa shape index (κ3) is 3.77. The van der Waals surface area contributed by atoms with Crippen LogP contribution in [0, 0.1) is 0 Å². The van der Waals surface area contributed by atoms with Crippen LogP contribution < -0.4 is 10.1 Å². The molecule has 0 unspecified atom stereocenters. The standard InChI is InChI=1S/C12H17ClN2O3S.ClH/c1-18-11-4-3-10(13)9-12(11)19(16,17)15-7-2-5-14-6-8-15;/h3-4,9,14H,2,5-8H2,1H3;1H. The lowest BCUT2D eigenvalue weighted by atomic mass is 10.3. The first-order valence-electron chi connectivity index (χ1n) is 6.10. The molecule has 0 atom stereocenters. The topological polar surface area (TPSA) is 58.6 Å². The Labute approximate surface area is 130 Å². The molecule has 1 N–H and O–H groups in total. The van der Waals surface area contributed by atoms with Crippen molar-refractivity contribution in [2.45, 2.75) is 11.3 Å². The molecule has 0 amide bonds. The van der Waals surface area contributed by atoms with E-state index in [2.05, 4.69) is 5.32 Å². The summed E-state index contributed by atoms with van der Waals surface area (Å²) >= 11 is 5.90. The summed E-state index contributed by atoms with van der Waals surface area (Å²) in [5.41, 5.74) is 0. The summed E-state index contributed by atoms with van der Waals surface area (Å²) in [4.78, 5) is 0.129. The summed E-state index contributed by atoms with van der Waals surface area (Å²) < 4.78 is 31.9. The molecule has 1 aliphatic rings. The summed E-state index contributed by atoms with van der Waals surface area (Å²) in [5, 5.41) is 3.56. The van der Waals surface area contributed by atoms with Crippen LogP contribution in [-0.2, 0) is 10.0 Å². The fraction of sp³-hybridized carbons (Fsp3) is 0.500. The molecule has 1 heterocycles. The molecule has 5 nitrogen and oxygen atoms in total. The smallest absolute Gasteiger partial charge is 0.246 e. The number of ether oxygens (including phenoxy) is 1. The highest BCUT2D eigenvalue weighted by atomic mass is 35.5. The van der Waals surface area contributed by atoms with Gasteiger partial charge in [-0.3, -0.25) is 0 Å². The zero-order chi connectivity index (χ0) is 13.9. The first-order valence-corrected chi connectivity index (χ1v) is 7.92. The lowest BCUT2D eigenvalue weighted by Crippen LogP contribution is -2.34. The third-order valence-electron chi connectivity index (χ3n) is 3.04. The maximum absolute atomic E-state index is 12.6. The maximum atomic E-state index is 12.6. The van der Waals surface area contributed by atoms with Crippen molar-refractivity contribution in [2.24, 2.45) is 0 Å². The second kappa shape index (κ2) is 7.47. The Bertz CT molecular complexity index is 544. The Morgan fingerprint density at radius 1 is 1.30 bits per heavy atom. The van der Waals surface area contributed by atoms with Crippen LogP contribution in [0.15, 0.2) is 23.1 Å². The largest absolute Gasteiger partial charge is 0.495 e. The molecular formula is C12H18Cl2N2O3S. The van der Waals surface area contributed by atoms with Gasteiger partial charge < -0.3 is 10.1 Å². The second-order valence-corrected chi connectivity index (χ2v) is 6.65. The van der Waals surface area contributed by atoms with Gasteiger partial charge in [0.15, 0.2) is 0 Å². The minimum atomic E-state index is -3.57. The van der Waals surface area contributed by atoms with Crippen molar-refractivity contribution in [3.63, 3.8) is 0 Å². The van der Waals surface area contributed by atoms with E-state index in [1.807, 2.05) is 0 Å². The van der Waals surface area contributed by atoms with Crippen molar-refractivity contribution in [1.82, 2.24) is 9.62 Å². The van der Waals surface area contributed by atoms with Crippen LogP contribution in [0.25, 0.3) is 0 Å². The maximum Gasteiger partial charge on any atom is 0.246 e. The van der Waals surface area contributed by atoms with E-state index in [9.17, 15) is 8.42 Å².